The number of allylic oxidation sites excluding steroid dienone is 2. The first-order chi connectivity index (χ1) is 10.2. The molecule has 0 radical (unpaired) electrons. The molecule has 0 nitrogen and oxygen atoms in total. The summed E-state index contributed by atoms with van der Waals surface area (Å²) in [5.74, 6) is 3.53. The van der Waals surface area contributed by atoms with Crippen molar-refractivity contribution in [3.05, 3.63) is 24.3 Å². The standard InChI is InChI=1S/C9H17Cl.C5H9Cl.C4H8BrCl.Mg.2H/c1-8(2)5-4-6-9(3)7-10;1-5(2)3-4-6;1-4(2-5)3-6;;;/h9H,1,4-7H2,2-3H3;1,3-4H2,2H3;4H,2-3H2,1H3;;;/q;;;+2;2*-1. The molecule has 0 amide bonds. The first-order valence-electron chi connectivity index (χ1n) is 7.77. The predicted octanol–water partition coefficient (Wildman–Crippen LogP) is 7.90. The Kier molecular flexibility index (Phi) is 36.3. The third kappa shape index (κ3) is 40.0. The van der Waals surface area contributed by atoms with E-state index < -0.39 is 0 Å². The minimum absolute atomic E-state index is 0. The van der Waals surface area contributed by atoms with Gasteiger partial charge in [0, 0.05) is 23.0 Å². The summed E-state index contributed by atoms with van der Waals surface area (Å²) < 4.78 is 0. The van der Waals surface area contributed by atoms with Gasteiger partial charge in [0.2, 0.25) is 0 Å². The maximum atomic E-state index is 5.64. The molecular formula is C18H36BrCl3Mg. The normalized spacial score (nSPS) is 11.7. The first-order valence-corrected chi connectivity index (χ1v) is 10.5. The van der Waals surface area contributed by atoms with Crippen LogP contribution in [0.2, 0.25) is 0 Å². The molecule has 0 heterocycles. The predicted molar refractivity (Wildman–Crippen MR) is 120 cm³/mol. The molecule has 0 aromatic rings. The van der Waals surface area contributed by atoms with E-state index in [-0.39, 0.29) is 25.9 Å². The van der Waals surface area contributed by atoms with Crippen LogP contribution in [0.4, 0.5) is 0 Å². The van der Waals surface area contributed by atoms with Crippen LogP contribution in [0.3, 0.4) is 0 Å². The fourth-order valence-electron chi connectivity index (χ4n) is 1.03. The molecule has 0 fully saturated rings. The van der Waals surface area contributed by atoms with Crippen molar-refractivity contribution < 1.29 is 2.85 Å². The molecule has 0 saturated carbocycles. The monoisotopic (exact) mass is 460 g/mol. The van der Waals surface area contributed by atoms with E-state index in [1.807, 2.05) is 6.92 Å². The molecule has 2 atom stereocenters. The van der Waals surface area contributed by atoms with E-state index in [9.17, 15) is 0 Å². The topological polar surface area (TPSA) is 0 Å². The SMILES string of the molecule is C=C(C)CCCC(C)CCl.C=C(C)CCCl.CC(CCl)CBr.[H-].[H-].[Mg+2]. The van der Waals surface area contributed by atoms with Crippen LogP contribution in [0.15, 0.2) is 24.3 Å². The minimum atomic E-state index is 0. The van der Waals surface area contributed by atoms with Gasteiger partial charge in [-0.1, -0.05) is 40.9 Å². The van der Waals surface area contributed by atoms with Gasteiger partial charge in [0.25, 0.3) is 0 Å². The molecule has 0 N–H and O–H groups in total. The van der Waals surface area contributed by atoms with Gasteiger partial charge >= 0.3 is 23.1 Å². The van der Waals surface area contributed by atoms with Crippen molar-refractivity contribution in [2.75, 3.05) is 23.0 Å². The van der Waals surface area contributed by atoms with Gasteiger partial charge in [-0.2, -0.15) is 0 Å². The Hall–Kier alpha value is 1.60. The van der Waals surface area contributed by atoms with Gasteiger partial charge in [0.15, 0.2) is 0 Å². The second-order valence-corrected chi connectivity index (χ2v) is 7.56. The van der Waals surface area contributed by atoms with Crippen LogP contribution in [0.25, 0.3) is 0 Å². The van der Waals surface area contributed by atoms with Crippen LogP contribution in [-0.4, -0.2) is 46.0 Å². The summed E-state index contributed by atoms with van der Waals surface area (Å²) in [6.07, 6.45) is 4.57. The molecule has 23 heavy (non-hydrogen) atoms. The van der Waals surface area contributed by atoms with Crippen LogP contribution in [0.1, 0.15) is 56.2 Å². The first kappa shape index (κ1) is 32.3. The van der Waals surface area contributed by atoms with Crippen molar-refractivity contribution in [3.8, 4) is 0 Å². The summed E-state index contributed by atoms with van der Waals surface area (Å²) >= 11 is 19.7. The van der Waals surface area contributed by atoms with Crippen molar-refractivity contribution in [3.63, 3.8) is 0 Å². The van der Waals surface area contributed by atoms with Crippen molar-refractivity contribution in [2.45, 2.75) is 53.4 Å². The number of rotatable bonds is 9. The Labute approximate surface area is 188 Å². The number of hydrogen-bond acceptors (Lipinski definition) is 0. The maximum absolute atomic E-state index is 5.64. The zero-order valence-corrected chi connectivity index (χ0v) is 20.7. The van der Waals surface area contributed by atoms with Gasteiger partial charge in [-0.15, -0.1) is 48.0 Å². The summed E-state index contributed by atoms with van der Waals surface area (Å²) in [4.78, 5) is 0. The molecule has 0 aromatic heterocycles. The average Bonchev–Trinajstić information content (AvgIpc) is 2.46. The van der Waals surface area contributed by atoms with Crippen LogP contribution >= 0.6 is 50.7 Å². The van der Waals surface area contributed by atoms with Crippen molar-refractivity contribution in [1.29, 1.82) is 0 Å². The van der Waals surface area contributed by atoms with Gasteiger partial charge in [0.05, 0.1) is 0 Å². The maximum Gasteiger partial charge on any atom is 2.00 e. The van der Waals surface area contributed by atoms with Gasteiger partial charge in [-0.3, -0.25) is 0 Å². The zero-order chi connectivity index (χ0) is 18.0. The largest absolute Gasteiger partial charge is 2.00 e. The van der Waals surface area contributed by atoms with E-state index in [1.54, 1.807) is 0 Å². The van der Waals surface area contributed by atoms with E-state index >= 15 is 0 Å². The minimum Gasteiger partial charge on any atom is -1.00 e. The van der Waals surface area contributed by atoms with Gasteiger partial charge in [-0.25, -0.2) is 0 Å². The summed E-state index contributed by atoms with van der Waals surface area (Å²) in [5.41, 5.74) is 2.44. The average molecular weight is 463 g/mol. The molecule has 0 aliphatic rings. The fraction of sp³-hybridized carbons (Fsp3) is 0.778. The fourth-order valence-corrected chi connectivity index (χ4v) is 2.11. The molecular weight excluding hydrogens is 427 g/mol. The summed E-state index contributed by atoms with van der Waals surface area (Å²) in [6.45, 7) is 15.8. The molecule has 0 spiro atoms. The third-order valence-electron chi connectivity index (χ3n) is 2.61. The number of hydrogen-bond donors (Lipinski definition) is 0. The molecule has 138 valence electrons. The Balaban J connectivity index is -0.0000000535. The summed E-state index contributed by atoms with van der Waals surface area (Å²) in [6, 6.07) is 0. The second kappa shape index (κ2) is 25.8. The Morgan fingerprint density at radius 2 is 1.39 bits per heavy atom. The van der Waals surface area contributed by atoms with E-state index in [0.717, 1.165) is 35.5 Å². The van der Waals surface area contributed by atoms with Crippen molar-refractivity contribution in [1.82, 2.24) is 0 Å². The molecule has 5 heteroatoms. The third-order valence-corrected chi connectivity index (χ3v) is 4.96. The van der Waals surface area contributed by atoms with E-state index in [1.165, 1.54) is 18.4 Å². The number of halogens is 4. The quantitative estimate of drug-likeness (QED) is 0.185. The molecule has 0 bridgehead atoms. The van der Waals surface area contributed by atoms with Crippen LogP contribution in [0, 0.1) is 11.8 Å². The van der Waals surface area contributed by atoms with Crippen LogP contribution < -0.4 is 0 Å². The molecule has 0 aliphatic heterocycles. The number of alkyl halides is 4. The Morgan fingerprint density at radius 3 is 1.57 bits per heavy atom. The second-order valence-electron chi connectivity index (χ2n) is 5.92. The van der Waals surface area contributed by atoms with Crippen molar-refractivity contribution >= 4 is 73.8 Å². The zero-order valence-electron chi connectivity index (χ0n) is 17.4. The van der Waals surface area contributed by atoms with Crippen LogP contribution in [-0.2, 0) is 0 Å². The molecule has 0 saturated heterocycles. The van der Waals surface area contributed by atoms with Crippen LogP contribution in [0.5, 0.6) is 0 Å². The Morgan fingerprint density at radius 1 is 0.957 bits per heavy atom. The smallest absolute Gasteiger partial charge is 1.00 e. The summed E-state index contributed by atoms with van der Waals surface area (Å²) in [5, 5.41) is 1.01. The summed E-state index contributed by atoms with van der Waals surface area (Å²) in [7, 11) is 0. The van der Waals surface area contributed by atoms with Gasteiger partial charge in [0.1, 0.15) is 0 Å². The molecule has 2 unspecified atom stereocenters. The van der Waals surface area contributed by atoms with E-state index in [2.05, 4.69) is 49.9 Å². The van der Waals surface area contributed by atoms with E-state index in [4.69, 9.17) is 34.8 Å². The molecule has 0 rings (SSSR count). The molecule has 0 aromatic carbocycles. The van der Waals surface area contributed by atoms with Gasteiger partial charge < -0.3 is 2.85 Å². The van der Waals surface area contributed by atoms with Crippen molar-refractivity contribution in [2.24, 2.45) is 11.8 Å². The molecule has 0 aliphatic carbocycles. The Bertz CT molecular complexity index is 267. The van der Waals surface area contributed by atoms with E-state index in [0.29, 0.717) is 17.7 Å². The van der Waals surface area contributed by atoms with Gasteiger partial charge in [-0.05, 0) is 51.4 Å².